The van der Waals surface area contributed by atoms with Crippen LogP contribution in [0.4, 0.5) is 0 Å². The normalized spacial score (nSPS) is 17.0. The molecule has 7 nitrogen and oxygen atoms in total. The average molecular weight is 347 g/mol. The molecule has 144 valence electrons. The molecule has 7 heteroatoms. The van der Waals surface area contributed by atoms with Gasteiger partial charge in [0, 0.05) is 19.1 Å². The summed E-state index contributed by atoms with van der Waals surface area (Å²) in [5.41, 5.74) is 2.86. The molecule has 1 aliphatic heterocycles. The number of nitrogens with zero attached hydrogens (tertiary/aromatic N) is 1. The fraction of sp³-hybridized carbons (Fsp3) is 1.00. The van der Waals surface area contributed by atoms with Gasteiger partial charge in [0.05, 0.1) is 39.6 Å². The summed E-state index contributed by atoms with van der Waals surface area (Å²) in [6, 6.07) is 0.476. The van der Waals surface area contributed by atoms with Crippen molar-refractivity contribution >= 4 is 0 Å². The van der Waals surface area contributed by atoms with Crippen molar-refractivity contribution in [3.8, 4) is 0 Å². The van der Waals surface area contributed by atoms with Crippen LogP contribution in [0.2, 0.25) is 0 Å². The van der Waals surface area contributed by atoms with Gasteiger partial charge in [-0.3, -0.25) is 11.3 Å². The van der Waals surface area contributed by atoms with Gasteiger partial charge in [-0.1, -0.05) is 13.8 Å². The van der Waals surface area contributed by atoms with E-state index in [1.165, 1.54) is 0 Å². The number of ether oxygens (including phenoxy) is 3. The maximum absolute atomic E-state index is 5.61. The molecule has 0 aliphatic carbocycles. The molecule has 0 aromatic carbocycles. The molecular weight excluding hydrogens is 308 g/mol. The molecule has 4 N–H and O–H groups in total. The number of rotatable bonds is 15. The van der Waals surface area contributed by atoms with Gasteiger partial charge in [0.25, 0.3) is 0 Å². The van der Waals surface area contributed by atoms with Gasteiger partial charge < -0.3 is 24.4 Å². The predicted molar refractivity (Wildman–Crippen MR) is 96.9 cm³/mol. The van der Waals surface area contributed by atoms with Crippen LogP contribution in [0.5, 0.6) is 0 Å². The Hall–Kier alpha value is -0.280. The summed E-state index contributed by atoms with van der Waals surface area (Å²) in [4.78, 5) is 2.43. The second-order valence-corrected chi connectivity index (χ2v) is 6.72. The Kier molecular flexibility index (Phi) is 13.6. The average Bonchev–Trinajstić information content (AvgIpc) is 2.59. The molecule has 1 heterocycles. The molecule has 1 fully saturated rings. The third-order valence-electron chi connectivity index (χ3n) is 4.09. The van der Waals surface area contributed by atoms with Crippen LogP contribution in [0, 0.1) is 5.92 Å². The lowest BCUT2D eigenvalue weighted by Crippen LogP contribution is -2.45. The standard InChI is InChI=1S/C17H38N4O3/c1-16(2)15-19-5-9-22-11-13-24-14-12-23-10-8-21-6-3-17(20-18)4-7-21/h16-17,19-20H,3-15,18H2,1-2H3. The number of hydrazine groups is 1. The number of nitrogens with two attached hydrogens (primary N) is 1. The summed E-state index contributed by atoms with van der Waals surface area (Å²) in [5, 5.41) is 3.34. The zero-order valence-electron chi connectivity index (χ0n) is 15.6. The van der Waals surface area contributed by atoms with E-state index in [1.807, 2.05) is 0 Å². The van der Waals surface area contributed by atoms with Crippen molar-refractivity contribution in [2.24, 2.45) is 11.8 Å². The van der Waals surface area contributed by atoms with E-state index in [0.717, 1.165) is 58.8 Å². The highest BCUT2D eigenvalue weighted by Gasteiger charge is 2.17. The molecule has 0 aromatic rings. The van der Waals surface area contributed by atoms with E-state index in [0.29, 0.717) is 38.4 Å². The number of hydrogen-bond acceptors (Lipinski definition) is 7. The van der Waals surface area contributed by atoms with Gasteiger partial charge in [0.1, 0.15) is 0 Å². The highest BCUT2D eigenvalue weighted by atomic mass is 16.5. The van der Waals surface area contributed by atoms with Crippen molar-refractivity contribution in [3.63, 3.8) is 0 Å². The second kappa shape index (κ2) is 15.0. The molecule has 0 bridgehead atoms. The molecule has 1 rings (SSSR count). The fourth-order valence-electron chi connectivity index (χ4n) is 2.59. The number of piperidine rings is 1. The van der Waals surface area contributed by atoms with Crippen LogP contribution in [-0.2, 0) is 14.2 Å². The van der Waals surface area contributed by atoms with Crippen LogP contribution in [-0.4, -0.2) is 83.3 Å². The molecule has 24 heavy (non-hydrogen) atoms. The molecule has 0 aromatic heterocycles. The maximum atomic E-state index is 5.61. The van der Waals surface area contributed by atoms with Gasteiger partial charge >= 0.3 is 0 Å². The molecular formula is C17H38N4O3. The van der Waals surface area contributed by atoms with E-state index in [4.69, 9.17) is 20.1 Å². The SMILES string of the molecule is CC(C)CNCCOCCOCCOCCN1CCC(NN)CC1. The van der Waals surface area contributed by atoms with Crippen LogP contribution < -0.4 is 16.6 Å². The van der Waals surface area contributed by atoms with Gasteiger partial charge in [-0.05, 0) is 38.4 Å². The highest BCUT2D eigenvalue weighted by molar-refractivity contribution is 4.74. The molecule has 0 atom stereocenters. The van der Waals surface area contributed by atoms with Crippen LogP contribution in [0.3, 0.4) is 0 Å². The summed E-state index contributed by atoms with van der Waals surface area (Å²) in [7, 11) is 0. The van der Waals surface area contributed by atoms with E-state index >= 15 is 0 Å². The summed E-state index contributed by atoms with van der Waals surface area (Å²) >= 11 is 0. The van der Waals surface area contributed by atoms with Gasteiger partial charge in [-0.2, -0.15) is 0 Å². The van der Waals surface area contributed by atoms with Crippen molar-refractivity contribution in [1.82, 2.24) is 15.6 Å². The Morgan fingerprint density at radius 3 is 2.12 bits per heavy atom. The largest absolute Gasteiger partial charge is 0.378 e. The lowest BCUT2D eigenvalue weighted by atomic mass is 10.1. The van der Waals surface area contributed by atoms with Crippen molar-refractivity contribution < 1.29 is 14.2 Å². The Labute approximate surface area is 147 Å². The maximum Gasteiger partial charge on any atom is 0.0701 e. The molecule has 0 amide bonds. The lowest BCUT2D eigenvalue weighted by Gasteiger charge is -2.31. The summed E-state index contributed by atoms with van der Waals surface area (Å²) in [6.45, 7) is 13.6. The Balaban J connectivity index is 1.74. The van der Waals surface area contributed by atoms with Gasteiger partial charge in [-0.25, -0.2) is 0 Å². The topological polar surface area (TPSA) is 81.0 Å². The van der Waals surface area contributed by atoms with E-state index in [2.05, 4.69) is 29.5 Å². The summed E-state index contributed by atoms with van der Waals surface area (Å²) in [6.07, 6.45) is 2.24. The third-order valence-corrected chi connectivity index (χ3v) is 4.09. The Morgan fingerprint density at radius 1 is 0.958 bits per heavy atom. The van der Waals surface area contributed by atoms with Crippen molar-refractivity contribution in [1.29, 1.82) is 0 Å². The number of likely N-dealkylation sites (tertiary alicyclic amines) is 1. The van der Waals surface area contributed by atoms with E-state index in [-0.39, 0.29) is 0 Å². The number of nitrogens with one attached hydrogen (secondary N) is 2. The quantitative estimate of drug-likeness (QED) is 0.222. The van der Waals surface area contributed by atoms with Gasteiger partial charge in [0.15, 0.2) is 0 Å². The third kappa shape index (κ3) is 12.1. The Morgan fingerprint density at radius 2 is 1.54 bits per heavy atom. The van der Waals surface area contributed by atoms with Crippen LogP contribution in [0.25, 0.3) is 0 Å². The molecule has 1 saturated heterocycles. The minimum Gasteiger partial charge on any atom is -0.378 e. The minimum atomic E-state index is 0.476. The van der Waals surface area contributed by atoms with Crippen molar-refractivity contribution in [2.75, 3.05) is 72.4 Å². The van der Waals surface area contributed by atoms with E-state index in [1.54, 1.807) is 0 Å². The first-order valence-corrected chi connectivity index (χ1v) is 9.34. The molecule has 1 aliphatic rings. The Bertz CT molecular complexity index is 275. The second-order valence-electron chi connectivity index (χ2n) is 6.72. The van der Waals surface area contributed by atoms with Gasteiger partial charge in [0.2, 0.25) is 0 Å². The lowest BCUT2D eigenvalue weighted by molar-refractivity contribution is 0.00981. The number of hydrogen-bond donors (Lipinski definition) is 3. The van der Waals surface area contributed by atoms with Crippen LogP contribution in [0.15, 0.2) is 0 Å². The van der Waals surface area contributed by atoms with Crippen LogP contribution >= 0.6 is 0 Å². The molecule has 0 saturated carbocycles. The fourth-order valence-corrected chi connectivity index (χ4v) is 2.59. The highest BCUT2D eigenvalue weighted by Crippen LogP contribution is 2.08. The summed E-state index contributed by atoms with van der Waals surface area (Å²) < 4.78 is 16.6. The molecule has 0 spiro atoms. The first kappa shape index (κ1) is 21.8. The van der Waals surface area contributed by atoms with E-state index in [9.17, 15) is 0 Å². The van der Waals surface area contributed by atoms with E-state index < -0.39 is 0 Å². The van der Waals surface area contributed by atoms with Crippen molar-refractivity contribution in [3.05, 3.63) is 0 Å². The summed E-state index contributed by atoms with van der Waals surface area (Å²) in [5.74, 6) is 6.14. The zero-order valence-corrected chi connectivity index (χ0v) is 15.6. The smallest absolute Gasteiger partial charge is 0.0701 e. The first-order chi connectivity index (χ1) is 11.7. The minimum absolute atomic E-state index is 0.476. The molecule has 0 radical (unpaired) electrons. The van der Waals surface area contributed by atoms with Crippen molar-refractivity contribution in [2.45, 2.75) is 32.7 Å². The van der Waals surface area contributed by atoms with Gasteiger partial charge in [-0.15, -0.1) is 0 Å². The molecule has 0 unspecified atom stereocenters. The zero-order chi connectivity index (χ0) is 17.5. The monoisotopic (exact) mass is 346 g/mol. The predicted octanol–water partition coefficient (Wildman–Crippen LogP) is 0.210. The first-order valence-electron chi connectivity index (χ1n) is 9.34. The van der Waals surface area contributed by atoms with Crippen LogP contribution in [0.1, 0.15) is 26.7 Å².